The van der Waals surface area contributed by atoms with Gasteiger partial charge in [-0.2, -0.15) is 0 Å². The van der Waals surface area contributed by atoms with Crippen LogP contribution in [0.25, 0.3) is 0 Å². The average molecular weight is 302 g/mol. The van der Waals surface area contributed by atoms with Gasteiger partial charge in [0.25, 0.3) is 0 Å². The van der Waals surface area contributed by atoms with Crippen molar-refractivity contribution in [3.63, 3.8) is 0 Å². The molecule has 0 aliphatic rings. The Morgan fingerprint density at radius 1 is 1.47 bits per heavy atom. The normalized spacial score (nSPS) is 10.5. The van der Waals surface area contributed by atoms with Gasteiger partial charge in [-0.1, -0.05) is 39.0 Å². The van der Waals surface area contributed by atoms with E-state index in [1.54, 1.807) is 17.3 Å². The molecule has 3 nitrogen and oxygen atoms in total. The van der Waals surface area contributed by atoms with Crippen molar-refractivity contribution >= 4 is 39.0 Å². The number of halogens is 1. The molecular weight excluding hydrogens is 294 g/mol. The van der Waals surface area contributed by atoms with Crippen LogP contribution >= 0.6 is 39.0 Å². The van der Waals surface area contributed by atoms with E-state index in [0.29, 0.717) is 6.54 Å². The lowest BCUT2D eigenvalue weighted by Crippen LogP contribution is -1.98. The molecule has 1 aromatic heterocycles. The molecule has 0 unspecified atom stereocenters. The number of aromatic nitrogens is 2. The second kappa shape index (κ2) is 5.07. The highest BCUT2D eigenvalue weighted by atomic mass is 79.9. The molecule has 0 radical (unpaired) electrons. The number of nitrogens with zero attached hydrogens (tertiary/aromatic N) is 2. The predicted molar refractivity (Wildman–Crippen MR) is 66.1 cm³/mol. The molecule has 1 heterocycles. The zero-order chi connectivity index (χ0) is 10.7. The van der Waals surface area contributed by atoms with E-state index in [1.165, 1.54) is 11.3 Å². The SMILES string of the molecule is NCc1cc(Br)ccc1Sc1nncs1. The third-order valence-electron chi connectivity index (χ3n) is 1.78. The van der Waals surface area contributed by atoms with Crippen LogP contribution < -0.4 is 5.73 Å². The largest absolute Gasteiger partial charge is 0.326 e. The van der Waals surface area contributed by atoms with Gasteiger partial charge in [0.1, 0.15) is 5.51 Å². The molecule has 6 heteroatoms. The lowest BCUT2D eigenvalue weighted by atomic mass is 10.2. The molecule has 2 aromatic rings. The van der Waals surface area contributed by atoms with E-state index < -0.39 is 0 Å². The molecule has 0 spiro atoms. The van der Waals surface area contributed by atoms with Gasteiger partial charge in [0.15, 0.2) is 4.34 Å². The van der Waals surface area contributed by atoms with Crippen molar-refractivity contribution in [3.8, 4) is 0 Å². The molecule has 2 rings (SSSR count). The van der Waals surface area contributed by atoms with Crippen LogP contribution in [0.5, 0.6) is 0 Å². The van der Waals surface area contributed by atoms with Crippen LogP contribution in [0.15, 0.2) is 37.4 Å². The van der Waals surface area contributed by atoms with Crippen LogP contribution in [0.3, 0.4) is 0 Å². The number of hydrogen-bond donors (Lipinski definition) is 1. The van der Waals surface area contributed by atoms with E-state index in [2.05, 4.69) is 26.1 Å². The van der Waals surface area contributed by atoms with E-state index in [1.807, 2.05) is 18.2 Å². The second-order valence-corrected chi connectivity index (χ2v) is 5.80. The van der Waals surface area contributed by atoms with Crippen LogP contribution in [0.1, 0.15) is 5.56 Å². The summed E-state index contributed by atoms with van der Waals surface area (Å²) in [5.41, 5.74) is 8.52. The minimum Gasteiger partial charge on any atom is -0.326 e. The molecule has 0 bridgehead atoms. The van der Waals surface area contributed by atoms with Gasteiger partial charge in [0.2, 0.25) is 0 Å². The Hall–Kier alpha value is -0.430. The summed E-state index contributed by atoms with van der Waals surface area (Å²) in [6.07, 6.45) is 0. The third kappa shape index (κ3) is 2.78. The molecule has 0 saturated carbocycles. The molecule has 0 atom stereocenters. The molecule has 0 saturated heterocycles. The Kier molecular flexibility index (Phi) is 3.74. The summed E-state index contributed by atoms with van der Waals surface area (Å²) in [6.45, 7) is 0.528. The van der Waals surface area contributed by atoms with Crippen molar-refractivity contribution in [2.45, 2.75) is 15.8 Å². The zero-order valence-corrected chi connectivity index (χ0v) is 10.9. The van der Waals surface area contributed by atoms with Gasteiger partial charge < -0.3 is 5.73 Å². The summed E-state index contributed by atoms with van der Waals surface area (Å²) in [6, 6.07) is 6.07. The maximum Gasteiger partial charge on any atom is 0.178 e. The maximum absolute atomic E-state index is 5.68. The molecule has 0 amide bonds. The van der Waals surface area contributed by atoms with E-state index in [9.17, 15) is 0 Å². The van der Waals surface area contributed by atoms with Gasteiger partial charge in [0.05, 0.1) is 0 Å². The van der Waals surface area contributed by atoms with E-state index >= 15 is 0 Å². The first-order chi connectivity index (χ1) is 7.29. The summed E-state index contributed by atoms with van der Waals surface area (Å²) in [5.74, 6) is 0. The minimum absolute atomic E-state index is 0.528. The molecule has 78 valence electrons. The molecular formula is C9H8BrN3S2. The predicted octanol–water partition coefficient (Wildman–Crippen LogP) is 2.91. The van der Waals surface area contributed by atoms with Crippen molar-refractivity contribution in [2.24, 2.45) is 5.73 Å². The average Bonchev–Trinajstić information content (AvgIpc) is 2.73. The second-order valence-electron chi connectivity index (χ2n) is 2.76. The van der Waals surface area contributed by atoms with Crippen molar-refractivity contribution in [1.82, 2.24) is 10.2 Å². The molecule has 0 aliphatic heterocycles. The maximum atomic E-state index is 5.68. The Balaban J connectivity index is 2.28. The number of hydrogen-bond acceptors (Lipinski definition) is 5. The first-order valence-electron chi connectivity index (χ1n) is 4.22. The summed E-state index contributed by atoms with van der Waals surface area (Å²) >= 11 is 6.55. The highest BCUT2D eigenvalue weighted by Crippen LogP contribution is 2.32. The number of nitrogens with two attached hydrogens (primary N) is 1. The summed E-state index contributed by atoms with van der Waals surface area (Å²) in [5, 5.41) is 7.79. The van der Waals surface area contributed by atoms with Crippen LogP contribution in [-0.2, 0) is 6.54 Å². The Morgan fingerprint density at radius 3 is 3.00 bits per heavy atom. The Bertz CT molecular complexity index is 445. The van der Waals surface area contributed by atoms with Crippen LogP contribution in [0.2, 0.25) is 0 Å². The van der Waals surface area contributed by atoms with Crippen molar-refractivity contribution in [2.75, 3.05) is 0 Å². The minimum atomic E-state index is 0.528. The fourth-order valence-corrected chi connectivity index (χ4v) is 3.07. The third-order valence-corrected chi connectivity index (χ3v) is 4.17. The lowest BCUT2D eigenvalue weighted by Gasteiger charge is -2.05. The van der Waals surface area contributed by atoms with E-state index in [-0.39, 0.29) is 0 Å². The van der Waals surface area contributed by atoms with Gasteiger partial charge in [-0.15, -0.1) is 10.2 Å². The summed E-state index contributed by atoms with van der Waals surface area (Å²) < 4.78 is 1.98. The smallest absolute Gasteiger partial charge is 0.178 e. The Labute approximate surface area is 104 Å². The summed E-state index contributed by atoms with van der Waals surface area (Å²) in [4.78, 5) is 1.14. The molecule has 0 aliphatic carbocycles. The monoisotopic (exact) mass is 301 g/mol. The quantitative estimate of drug-likeness (QED) is 0.947. The molecule has 0 fully saturated rings. The molecule has 1 aromatic carbocycles. The van der Waals surface area contributed by atoms with Gasteiger partial charge in [-0.05, 0) is 23.8 Å². The van der Waals surface area contributed by atoms with E-state index in [4.69, 9.17) is 5.73 Å². The zero-order valence-electron chi connectivity index (χ0n) is 7.68. The molecule has 2 N–H and O–H groups in total. The van der Waals surface area contributed by atoms with Gasteiger partial charge in [0, 0.05) is 15.9 Å². The first kappa shape index (κ1) is 11.1. The van der Waals surface area contributed by atoms with Crippen LogP contribution in [-0.4, -0.2) is 10.2 Å². The topological polar surface area (TPSA) is 51.8 Å². The first-order valence-corrected chi connectivity index (χ1v) is 6.71. The van der Waals surface area contributed by atoms with E-state index in [0.717, 1.165) is 19.3 Å². The van der Waals surface area contributed by atoms with Crippen molar-refractivity contribution in [1.29, 1.82) is 0 Å². The van der Waals surface area contributed by atoms with Gasteiger partial charge in [-0.25, -0.2) is 0 Å². The molecule has 15 heavy (non-hydrogen) atoms. The standard InChI is InChI=1S/C9H8BrN3S2/c10-7-1-2-8(6(3-7)4-11)15-9-13-12-5-14-9/h1-3,5H,4,11H2. The van der Waals surface area contributed by atoms with Crippen LogP contribution in [0.4, 0.5) is 0 Å². The lowest BCUT2D eigenvalue weighted by molar-refractivity contribution is 1.000. The van der Waals surface area contributed by atoms with Crippen molar-refractivity contribution in [3.05, 3.63) is 33.7 Å². The fraction of sp³-hybridized carbons (Fsp3) is 0.111. The van der Waals surface area contributed by atoms with Crippen LogP contribution in [0, 0.1) is 0 Å². The highest BCUT2D eigenvalue weighted by molar-refractivity contribution is 9.10. The highest BCUT2D eigenvalue weighted by Gasteiger charge is 2.06. The summed E-state index contributed by atoms with van der Waals surface area (Å²) in [7, 11) is 0. The number of rotatable bonds is 3. The fourth-order valence-electron chi connectivity index (χ4n) is 1.11. The Morgan fingerprint density at radius 2 is 2.33 bits per heavy atom. The van der Waals surface area contributed by atoms with Gasteiger partial charge >= 0.3 is 0 Å². The number of benzene rings is 1. The van der Waals surface area contributed by atoms with Crippen molar-refractivity contribution < 1.29 is 0 Å². The van der Waals surface area contributed by atoms with Gasteiger partial charge in [-0.3, -0.25) is 0 Å².